The van der Waals surface area contributed by atoms with Gasteiger partial charge in [0.05, 0.1) is 12.7 Å². The molecular weight excluding hydrogens is 274 g/mol. The van der Waals surface area contributed by atoms with Crippen LogP contribution in [0.25, 0.3) is 0 Å². The van der Waals surface area contributed by atoms with Crippen molar-refractivity contribution in [3.8, 4) is 0 Å². The van der Waals surface area contributed by atoms with Gasteiger partial charge in [0.15, 0.2) is 0 Å². The zero-order chi connectivity index (χ0) is 15.8. The lowest BCUT2D eigenvalue weighted by molar-refractivity contribution is 0.170. The van der Waals surface area contributed by atoms with E-state index in [1.807, 2.05) is 42.5 Å². The lowest BCUT2D eigenvalue weighted by atomic mass is 10.0. The maximum absolute atomic E-state index is 10.1. The number of hydrogen-bond acceptors (Lipinski definition) is 3. The Morgan fingerprint density at radius 2 is 1.59 bits per heavy atom. The molecule has 0 aliphatic heterocycles. The van der Waals surface area contributed by atoms with Gasteiger partial charge in [0, 0.05) is 12.6 Å². The molecule has 0 radical (unpaired) electrons. The molecule has 2 aromatic rings. The van der Waals surface area contributed by atoms with Gasteiger partial charge in [-0.15, -0.1) is 0 Å². The Morgan fingerprint density at radius 1 is 0.955 bits per heavy atom. The summed E-state index contributed by atoms with van der Waals surface area (Å²) in [6.45, 7) is 2.80. The third-order valence-corrected chi connectivity index (χ3v) is 3.92. The molecule has 0 bridgehead atoms. The fourth-order valence-corrected chi connectivity index (χ4v) is 2.40. The number of hydrogen-bond donors (Lipinski definition) is 3. The average Bonchev–Trinajstić information content (AvgIpc) is 2.59. The zero-order valence-electron chi connectivity index (χ0n) is 13.1. The first-order valence-corrected chi connectivity index (χ1v) is 7.84. The van der Waals surface area contributed by atoms with E-state index < -0.39 is 6.10 Å². The molecule has 3 heteroatoms. The number of aliphatic hydroxyl groups excluding tert-OH is 2. The van der Waals surface area contributed by atoms with Crippen LogP contribution in [0.3, 0.4) is 0 Å². The normalized spacial score (nSPS) is 13.8. The van der Waals surface area contributed by atoms with Crippen LogP contribution < -0.4 is 5.32 Å². The van der Waals surface area contributed by atoms with Gasteiger partial charge in [-0.05, 0) is 36.5 Å². The summed E-state index contributed by atoms with van der Waals surface area (Å²) in [5, 5.41) is 22.5. The maximum Gasteiger partial charge on any atom is 0.0914 e. The molecule has 0 fully saturated rings. The first-order valence-electron chi connectivity index (χ1n) is 7.84. The third-order valence-electron chi connectivity index (χ3n) is 3.92. The highest BCUT2D eigenvalue weighted by Gasteiger charge is 2.09. The zero-order valence-corrected chi connectivity index (χ0v) is 13.1. The molecule has 0 aliphatic rings. The third kappa shape index (κ3) is 5.26. The molecule has 22 heavy (non-hydrogen) atoms. The van der Waals surface area contributed by atoms with Gasteiger partial charge in [-0.2, -0.15) is 0 Å². The first-order chi connectivity index (χ1) is 10.7. The van der Waals surface area contributed by atoms with Crippen LogP contribution in [-0.4, -0.2) is 22.8 Å². The topological polar surface area (TPSA) is 52.5 Å². The van der Waals surface area contributed by atoms with Gasteiger partial charge in [0.25, 0.3) is 0 Å². The van der Waals surface area contributed by atoms with Crippen LogP contribution in [0.1, 0.15) is 36.1 Å². The smallest absolute Gasteiger partial charge is 0.0914 e. The molecule has 0 saturated carbocycles. The number of nitrogens with one attached hydrogen (secondary N) is 1. The number of rotatable bonds is 8. The maximum atomic E-state index is 10.1. The molecule has 0 spiro atoms. The predicted molar refractivity (Wildman–Crippen MR) is 89.6 cm³/mol. The van der Waals surface area contributed by atoms with Crippen molar-refractivity contribution >= 4 is 0 Å². The van der Waals surface area contributed by atoms with E-state index in [1.165, 1.54) is 5.56 Å². The highest BCUT2D eigenvalue weighted by molar-refractivity contribution is 5.22. The summed E-state index contributed by atoms with van der Waals surface area (Å²) in [4.78, 5) is 0. The number of aryl methyl sites for hydroxylation is 1. The Kier molecular flexibility index (Phi) is 6.59. The minimum absolute atomic E-state index is 0.0929. The summed E-state index contributed by atoms with van der Waals surface area (Å²) in [6.07, 6.45) is 1.54. The van der Waals surface area contributed by atoms with E-state index in [9.17, 15) is 5.11 Å². The SMILES string of the molecule is CC(CCc1ccc(CO)cc1)NCC(O)c1ccccc1. The lowest BCUT2D eigenvalue weighted by Gasteiger charge is -2.17. The fourth-order valence-electron chi connectivity index (χ4n) is 2.40. The van der Waals surface area contributed by atoms with Crippen molar-refractivity contribution in [3.63, 3.8) is 0 Å². The van der Waals surface area contributed by atoms with E-state index in [0.717, 1.165) is 24.0 Å². The molecule has 2 rings (SSSR count). The summed E-state index contributed by atoms with van der Waals surface area (Å²) >= 11 is 0. The van der Waals surface area contributed by atoms with Gasteiger partial charge < -0.3 is 15.5 Å². The number of aliphatic hydroxyl groups is 2. The van der Waals surface area contributed by atoms with E-state index in [1.54, 1.807) is 0 Å². The molecule has 0 aliphatic carbocycles. The summed E-state index contributed by atoms with van der Waals surface area (Å²) in [6, 6.07) is 18.1. The van der Waals surface area contributed by atoms with E-state index in [4.69, 9.17) is 5.11 Å². The molecule has 0 saturated heterocycles. The second kappa shape index (κ2) is 8.69. The molecule has 0 heterocycles. The van der Waals surface area contributed by atoms with Crippen molar-refractivity contribution in [2.24, 2.45) is 0 Å². The van der Waals surface area contributed by atoms with Gasteiger partial charge in [-0.25, -0.2) is 0 Å². The Bertz CT molecular complexity index is 539. The van der Waals surface area contributed by atoms with Gasteiger partial charge in [0.2, 0.25) is 0 Å². The fraction of sp³-hybridized carbons (Fsp3) is 0.368. The van der Waals surface area contributed by atoms with Gasteiger partial charge in [-0.3, -0.25) is 0 Å². The Morgan fingerprint density at radius 3 is 2.23 bits per heavy atom. The van der Waals surface area contributed by atoms with Crippen molar-refractivity contribution in [2.45, 2.75) is 38.5 Å². The van der Waals surface area contributed by atoms with Crippen LogP contribution in [0.4, 0.5) is 0 Å². The van der Waals surface area contributed by atoms with E-state index >= 15 is 0 Å². The van der Waals surface area contributed by atoms with Crippen LogP contribution in [0.15, 0.2) is 54.6 Å². The van der Waals surface area contributed by atoms with Crippen molar-refractivity contribution < 1.29 is 10.2 Å². The van der Waals surface area contributed by atoms with Crippen LogP contribution >= 0.6 is 0 Å². The van der Waals surface area contributed by atoms with Crippen LogP contribution in [0.5, 0.6) is 0 Å². The summed E-state index contributed by atoms with van der Waals surface area (Å²) in [7, 11) is 0. The predicted octanol–water partition coefficient (Wildman–Crippen LogP) is 2.82. The van der Waals surface area contributed by atoms with E-state index in [2.05, 4.69) is 24.4 Å². The van der Waals surface area contributed by atoms with Crippen LogP contribution in [0.2, 0.25) is 0 Å². The molecule has 2 atom stereocenters. The molecule has 3 N–H and O–H groups in total. The molecular formula is C19H25NO2. The largest absolute Gasteiger partial charge is 0.392 e. The molecule has 118 valence electrons. The average molecular weight is 299 g/mol. The molecule has 0 amide bonds. The second-order valence-corrected chi connectivity index (χ2v) is 5.75. The van der Waals surface area contributed by atoms with Crippen LogP contribution in [0, 0.1) is 0 Å². The van der Waals surface area contributed by atoms with E-state index in [-0.39, 0.29) is 6.61 Å². The van der Waals surface area contributed by atoms with Crippen molar-refractivity contribution in [1.82, 2.24) is 5.32 Å². The lowest BCUT2D eigenvalue weighted by Crippen LogP contribution is -2.30. The van der Waals surface area contributed by atoms with Crippen molar-refractivity contribution in [1.29, 1.82) is 0 Å². The molecule has 2 unspecified atom stereocenters. The first kappa shape index (κ1) is 16.7. The molecule has 2 aromatic carbocycles. The number of benzene rings is 2. The highest BCUT2D eigenvalue weighted by Crippen LogP contribution is 2.12. The molecule has 0 aromatic heterocycles. The van der Waals surface area contributed by atoms with Crippen molar-refractivity contribution in [3.05, 3.63) is 71.3 Å². The Balaban J connectivity index is 1.72. The minimum atomic E-state index is -0.465. The molecule has 3 nitrogen and oxygen atoms in total. The summed E-state index contributed by atoms with van der Waals surface area (Å²) in [5.74, 6) is 0. The standard InChI is InChI=1S/C19H25NO2/c1-15(7-8-16-9-11-17(14-21)12-10-16)20-13-19(22)18-5-3-2-4-6-18/h2-6,9-12,15,19-22H,7-8,13-14H2,1H3. The quantitative estimate of drug-likeness (QED) is 0.702. The second-order valence-electron chi connectivity index (χ2n) is 5.75. The Labute approximate surface area is 132 Å². The van der Waals surface area contributed by atoms with Crippen molar-refractivity contribution in [2.75, 3.05) is 6.54 Å². The summed E-state index contributed by atoms with van der Waals surface area (Å²) < 4.78 is 0. The van der Waals surface area contributed by atoms with Gasteiger partial charge in [-0.1, -0.05) is 54.6 Å². The summed E-state index contributed by atoms with van der Waals surface area (Å²) in [5.41, 5.74) is 3.16. The highest BCUT2D eigenvalue weighted by atomic mass is 16.3. The minimum Gasteiger partial charge on any atom is -0.392 e. The van der Waals surface area contributed by atoms with Crippen LogP contribution in [-0.2, 0) is 13.0 Å². The van der Waals surface area contributed by atoms with Gasteiger partial charge in [0.1, 0.15) is 0 Å². The van der Waals surface area contributed by atoms with Gasteiger partial charge >= 0.3 is 0 Å². The Hall–Kier alpha value is -1.68. The van der Waals surface area contributed by atoms with E-state index in [0.29, 0.717) is 12.6 Å². The monoisotopic (exact) mass is 299 g/mol.